The summed E-state index contributed by atoms with van der Waals surface area (Å²) in [6.45, 7) is 7.53. The number of carbonyl (C=O) groups excluding carboxylic acids is 1. The molecule has 0 aromatic carbocycles. The second kappa shape index (κ2) is 7.10. The maximum Gasteiger partial charge on any atom is 0.302 e. The molecule has 0 aliphatic carbocycles. The molecule has 0 aromatic rings. The standard InChI is InChI=1S/C6H13N.C3H6O2/c1-2-7-5-3-4-6-7;1-3(4)5-2/h2-6H2,1H3;1-2H3. The summed E-state index contributed by atoms with van der Waals surface area (Å²) < 4.78 is 4.11. The van der Waals surface area contributed by atoms with E-state index in [1.807, 2.05) is 0 Å². The van der Waals surface area contributed by atoms with E-state index in [0.29, 0.717) is 0 Å². The maximum absolute atomic E-state index is 9.59. The summed E-state index contributed by atoms with van der Waals surface area (Å²) in [4.78, 5) is 12.1. The lowest BCUT2D eigenvalue weighted by Gasteiger charge is -2.08. The highest BCUT2D eigenvalue weighted by atomic mass is 16.5. The van der Waals surface area contributed by atoms with Gasteiger partial charge in [-0.2, -0.15) is 0 Å². The van der Waals surface area contributed by atoms with Gasteiger partial charge >= 0.3 is 5.97 Å². The van der Waals surface area contributed by atoms with E-state index in [1.54, 1.807) is 0 Å². The van der Waals surface area contributed by atoms with Crippen molar-refractivity contribution in [2.75, 3.05) is 26.7 Å². The molecule has 72 valence electrons. The van der Waals surface area contributed by atoms with Gasteiger partial charge in [-0.3, -0.25) is 4.79 Å². The van der Waals surface area contributed by atoms with Gasteiger partial charge in [-0.15, -0.1) is 0 Å². The average Bonchev–Trinajstić information content (AvgIpc) is 2.57. The zero-order chi connectivity index (χ0) is 9.40. The molecule has 0 atom stereocenters. The van der Waals surface area contributed by atoms with E-state index >= 15 is 0 Å². The predicted molar refractivity (Wildman–Crippen MR) is 49.0 cm³/mol. The van der Waals surface area contributed by atoms with Gasteiger partial charge in [0.2, 0.25) is 0 Å². The van der Waals surface area contributed by atoms with E-state index in [0.717, 1.165) is 0 Å². The summed E-state index contributed by atoms with van der Waals surface area (Å²) in [5.41, 5.74) is 0. The summed E-state index contributed by atoms with van der Waals surface area (Å²) in [7, 11) is 1.35. The van der Waals surface area contributed by atoms with E-state index in [-0.39, 0.29) is 5.97 Å². The largest absolute Gasteiger partial charge is 0.469 e. The molecule has 3 heteroatoms. The molecule has 0 amide bonds. The molecule has 1 aliphatic heterocycles. The van der Waals surface area contributed by atoms with Crippen LogP contribution in [0, 0.1) is 0 Å². The second-order valence-electron chi connectivity index (χ2n) is 2.84. The third-order valence-corrected chi connectivity index (χ3v) is 1.93. The topological polar surface area (TPSA) is 29.5 Å². The number of likely N-dealkylation sites (tertiary alicyclic amines) is 1. The van der Waals surface area contributed by atoms with Crippen molar-refractivity contribution in [3.63, 3.8) is 0 Å². The highest BCUT2D eigenvalue weighted by molar-refractivity contribution is 5.65. The van der Waals surface area contributed by atoms with Crippen molar-refractivity contribution >= 4 is 5.97 Å². The third-order valence-electron chi connectivity index (χ3n) is 1.93. The van der Waals surface area contributed by atoms with E-state index in [4.69, 9.17) is 0 Å². The van der Waals surface area contributed by atoms with Gasteiger partial charge in [-0.1, -0.05) is 6.92 Å². The molecule has 0 aromatic heterocycles. The van der Waals surface area contributed by atoms with Crippen LogP contribution in [0.3, 0.4) is 0 Å². The molecule has 1 fully saturated rings. The van der Waals surface area contributed by atoms with Crippen LogP contribution < -0.4 is 0 Å². The van der Waals surface area contributed by atoms with Crippen LogP contribution in [0.2, 0.25) is 0 Å². The highest BCUT2D eigenvalue weighted by Crippen LogP contribution is 2.04. The number of hydrogen-bond donors (Lipinski definition) is 0. The lowest BCUT2D eigenvalue weighted by Crippen LogP contribution is -2.17. The van der Waals surface area contributed by atoms with E-state index in [2.05, 4.69) is 16.6 Å². The van der Waals surface area contributed by atoms with Gasteiger partial charge in [0.15, 0.2) is 0 Å². The second-order valence-corrected chi connectivity index (χ2v) is 2.84. The SMILES string of the molecule is CCN1CCCC1.COC(C)=O. The van der Waals surface area contributed by atoms with Gasteiger partial charge in [0.1, 0.15) is 0 Å². The van der Waals surface area contributed by atoms with Gasteiger partial charge in [0, 0.05) is 6.92 Å². The minimum absolute atomic E-state index is 0.245. The minimum atomic E-state index is -0.245. The predicted octanol–water partition coefficient (Wildman–Crippen LogP) is 1.28. The van der Waals surface area contributed by atoms with Crippen LogP contribution >= 0.6 is 0 Å². The van der Waals surface area contributed by atoms with E-state index in [1.165, 1.54) is 46.5 Å². The van der Waals surface area contributed by atoms with Crippen molar-refractivity contribution in [3.05, 3.63) is 0 Å². The van der Waals surface area contributed by atoms with Crippen LogP contribution in [0.4, 0.5) is 0 Å². The molecule has 0 radical (unpaired) electrons. The first kappa shape index (κ1) is 11.4. The van der Waals surface area contributed by atoms with Crippen molar-refractivity contribution in [1.82, 2.24) is 4.90 Å². The van der Waals surface area contributed by atoms with Crippen molar-refractivity contribution in [1.29, 1.82) is 0 Å². The Bertz CT molecular complexity index is 120. The number of methoxy groups -OCH3 is 1. The molecule has 1 rings (SSSR count). The van der Waals surface area contributed by atoms with Gasteiger partial charge in [0.25, 0.3) is 0 Å². The summed E-state index contributed by atoms with van der Waals surface area (Å²) in [6, 6.07) is 0. The Balaban J connectivity index is 0.000000217. The molecular weight excluding hydrogens is 154 g/mol. The number of esters is 1. The highest BCUT2D eigenvalue weighted by Gasteiger charge is 2.06. The van der Waals surface area contributed by atoms with Crippen LogP contribution in [0.15, 0.2) is 0 Å². The fourth-order valence-corrected chi connectivity index (χ4v) is 1.10. The molecule has 0 unspecified atom stereocenters. The third kappa shape index (κ3) is 6.16. The fraction of sp³-hybridized carbons (Fsp3) is 0.889. The van der Waals surface area contributed by atoms with Gasteiger partial charge in [-0.25, -0.2) is 0 Å². The van der Waals surface area contributed by atoms with Gasteiger partial charge < -0.3 is 9.64 Å². The van der Waals surface area contributed by atoms with Gasteiger partial charge in [-0.05, 0) is 32.5 Å². The number of nitrogens with zero attached hydrogens (tertiary/aromatic N) is 1. The first-order chi connectivity index (χ1) is 5.70. The van der Waals surface area contributed by atoms with Crippen molar-refractivity contribution in [2.45, 2.75) is 26.7 Å². The monoisotopic (exact) mass is 173 g/mol. The number of hydrogen-bond acceptors (Lipinski definition) is 3. The van der Waals surface area contributed by atoms with Crippen LogP contribution in [-0.2, 0) is 9.53 Å². The lowest BCUT2D eigenvalue weighted by atomic mass is 10.4. The Morgan fingerprint density at radius 2 is 1.83 bits per heavy atom. The molecule has 1 saturated heterocycles. The lowest BCUT2D eigenvalue weighted by molar-refractivity contribution is -0.137. The average molecular weight is 173 g/mol. The molecule has 0 saturated carbocycles. The molecule has 0 bridgehead atoms. The molecule has 0 spiro atoms. The van der Waals surface area contributed by atoms with Crippen LogP contribution in [0.1, 0.15) is 26.7 Å². The van der Waals surface area contributed by atoms with Crippen molar-refractivity contribution in [2.24, 2.45) is 0 Å². The smallest absolute Gasteiger partial charge is 0.302 e. The van der Waals surface area contributed by atoms with Crippen LogP contribution in [-0.4, -0.2) is 37.6 Å². The summed E-state index contributed by atoms with van der Waals surface area (Å²) in [6.07, 6.45) is 2.85. The Kier molecular flexibility index (Phi) is 6.76. The van der Waals surface area contributed by atoms with E-state index in [9.17, 15) is 4.79 Å². The molecule has 1 aliphatic rings. The Morgan fingerprint density at radius 3 is 2.00 bits per heavy atom. The summed E-state index contributed by atoms with van der Waals surface area (Å²) in [5.74, 6) is -0.245. The Labute approximate surface area is 74.7 Å². The normalized spacial score (nSPS) is 16.6. The van der Waals surface area contributed by atoms with Gasteiger partial charge in [0.05, 0.1) is 7.11 Å². The Hall–Kier alpha value is -0.570. The first-order valence-electron chi connectivity index (χ1n) is 4.47. The quantitative estimate of drug-likeness (QED) is 0.559. The zero-order valence-corrected chi connectivity index (χ0v) is 8.30. The number of ether oxygens (including phenoxy) is 1. The Morgan fingerprint density at radius 1 is 1.42 bits per heavy atom. The number of rotatable bonds is 1. The summed E-state index contributed by atoms with van der Waals surface area (Å²) >= 11 is 0. The molecule has 0 N–H and O–H groups in total. The zero-order valence-electron chi connectivity index (χ0n) is 8.30. The molecule has 3 nitrogen and oxygen atoms in total. The van der Waals surface area contributed by atoms with E-state index < -0.39 is 0 Å². The minimum Gasteiger partial charge on any atom is -0.469 e. The fourth-order valence-electron chi connectivity index (χ4n) is 1.10. The summed E-state index contributed by atoms with van der Waals surface area (Å²) in [5, 5.41) is 0. The van der Waals surface area contributed by atoms with Crippen molar-refractivity contribution in [3.8, 4) is 0 Å². The van der Waals surface area contributed by atoms with Crippen LogP contribution in [0.25, 0.3) is 0 Å². The molecule has 12 heavy (non-hydrogen) atoms. The van der Waals surface area contributed by atoms with Crippen LogP contribution in [0.5, 0.6) is 0 Å². The number of carbonyl (C=O) groups is 1. The van der Waals surface area contributed by atoms with Crippen molar-refractivity contribution < 1.29 is 9.53 Å². The maximum atomic E-state index is 9.59. The first-order valence-corrected chi connectivity index (χ1v) is 4.47. The molecule has 1 heterocycles. The molecular formula is C9H19NO2.